The van der Waals surface area contributed by atoms with Crippen molar-refractivity contribution in [1.29, 1.82) is 0 Å². The van der Waals surface area contributed by atoms with Gasteiger partial charge in [0.15, 0.2) is 11.3 Å². The summed E-state index contributed by atoms with van der Waals surface area (Å²) in [5.41, 5.74) is 12.8. The molecule has 8 heterocycles. The zero-order chi connectivity index (χ0) is 55.5. The van der Waals surface area contributed by atoms with E-state index in [0.29, 0.717) is 11.8 Å². The summed E-state index contributed by atoms with van der Waals surface area (Å²) in [4.78, 5) is 16.3. The molecule has 0 aliphatic heterocycles. The van der Waals surface area contributed by atoms with Crippen molar-refractivity contribution >= 4 is 43.9 Å². The van der Waals surface area contributed by atoms with Gasteiger partial charge >= 0.3 is 0 Å². The second kappa shape index (κ2) is 32.0. The highest BCUT2D eigenvalue weighted by molar-refractivity contribution is 5.82. The Morgan fingerprint density at radius 1 is 0.438 bits per heavy atom. The summed E-state index contributed by atoms with van der Waals surface area (Å²) in [7, 11) is 0. The number of aromatic amines is 5. The summed E-state index contributed by atoms with van der Waals surface area (Å²) >= 11 is 0. The smallest absolute Gasteiger partial charge is 0.184 e. The van der Waals surface area contributed by atoms with E-state index in [0.717, 1.165) is 55.6 Å². The van der Waals surface area contributed by atoms with Gasteiger partial charge in [0.05, 0.1) is 27.8 Å². The Bertz CT molecular complexity index is 2670. The molecule has 0 spiro atoms. The van der Waals surface area contributed by atoms with Crippen LogP contribution in [-0.4, -0.2) is 70.9 Å². The van der Waals surface area contributed by atoms with Crippen LogP contribution in [0.25, 0.3) is 43.9 Å². The number of aryl methyl sites for hydroxylation is 1. The molecule has 5 N–H and O–H groups in total. The van der Waals surface area contributed by atoms with Gasteiger partial charge in [0.1, 0.15) is 6.33 Å². The van der Waals surface area contributed by atoms with Crippen LogP contribution in [-0.2, 0) is 29.1 Å². The number of nitrogens with one attached hydrogen (secondary N) is 5. The molecule has 1 aliphatic rings. The molecule has 73 heavy (non-hydrogen) atoms. The predicted molar refractivity (Wildman–Crippen MR) is 312 cm³/mol. The molecule has 1 aliphatic carbocycles. The van der Waals surface area contributed by atoms with Crippen molar-refractivity contribution in [2.24, 2.45) is 0 Å². The van der Waals surface area contributed by atoms with Crippen LogP contribution < -0.4 is 0 Å². The monoisotopic (exact) mass is 1000 g/mol. The Balaban J connectivity index is 0.000000437. The SMILES string of the molecule is CC.CC.CC.CC.CC.CC(C)(C)c1[nH]nc2ccncc12.CC(C)(C)c1[nH]nc2ncccc12.CC(C)(C)c1n[nH]c2c1CCCC2.CC(C)c1[nH]nc2ccccc12.CC(C)c1[nH]nc2ncncc12. The molecule has 402 valence electrons. The van der Waals surface area contributed by atoms with Gasteiger partial charge in [-0.2, -0.15) is 25.5 Å². The van der Waals surface area contributed by atoms with Gasteiger partial charge in [-0.3, -0.25) is 30.5 Å². The highest BCUT2D eigenvalue weighted by Gasteiger charge is 2.25. The van der Waals surface area contributed by atoms with E-state index < -0.39 is 0 Å². The summed E-state index contributed by atoms with van der Waals surface area (Å²) < 4.78 is 0. The molecule has 10 rings (SSSR count). The number of nitrogens with zero attached hydrogens (tertiary/aromatic N) is 9. The Hall–Kier alpha value is -6.31. The maximum absolute atomic E-state index is 4.44. The fourth-order valence-electron chi connectivity index (χ4n) is 7.58. The summed E-state index contributed by atoms with van der Waals surface area (Å²) in [6.07, 6.45) is 13.7. The molecule has 0 unspecified atom stereocenters. The van der Waals surface area contributed by atoms with Gasteiger partial charge in [0.2, 0.25) is 0 Å². The standard InChI is InChI=1S/C11H18N2.2C10H13N3.C10H12N2.C8H10N4.5C2H6/c1-11(2,3)10-8-6-4-5-7-9(8)12-13-10;1-10(2,3)9-7-6-11-5-4-8(7)12-13-9;1-10(2,3)8-7-5-4-6-11-9(7)13-12-8;1-7(2)10-8-5-3-4-6-9(8)11-12-10;1-5(2)7-6-3-9-4-10-8(6)12-11-7;5*1-2/h4-7H2,1-3H3,(H,12,13);4-6H,1-3H3,(H,12,13);4-6H,1-3H3,(H,11,12,13);3-7H,1-2H3,(H,11,12);3-5H,1-2H3,(H,9,10,11,12);5*1-2H3. The minimum Gasteiger partial charge on any atom is -0.282 e. The van der Waals surface area contributed by atoms with Crippen LogP contribution in [0.15, 0.2) is 73.6 Å². The first-order valence-electron chi connectivity index (χ1n) is 27.1. The lowest BCUT2D eigenvalue weighted by molar-refractivity contribution is 0.555. The van der Waals surface area contributed by atoms with E-state index in [9.17, 15) is 0 Å². The summed E-state index contributed by atoms with van der Waals surface area (Å²) in [5, 5.41) is 40.9. The van der Waals surface area contributed by atoms with Crippen molar-refractivity contribution in [3.05, 3.63) is 113 Å². The molecular weight excluding hydrogens is 905 g/mol. The van der Waals surface area contributed by atoms with Crippen molar-refractivity contribution in [3.63, 3.8) is 0 Å². The molecular formula is C59H96N14. The first kappa shape index (κ1) is 64.7. The molecule has 0 saturated heterocycles. The number of benzene rings is 1. The first-order chi connectivity index (χ1) is 34.8. The summed E-state index contributed by atoms with van der Waals surface area (Å²) in [6, 6.07) is 14.1. The number of fused-ring (bicyclic) bond motifs is 5. The molecule has 14 heteroatoms. The number of hydrogen-bond acceptors (Lipinski definition) is 9. The van der Waals surface area contributed by atoms with Gasteiger partial charge in [0, 0.05) is 80.0 Å². The van der Waals surface area contributed by atoms with Gasteiger partial charge in [0.25, 0.3) is 0 Å². The van der Waals surface area contributed by atoms with Crippen molar-refractivity contribution in [2.45, 2.75) is 213 Å². The number of hydrogen-bond donors (Lipinski definition) is 5. The summed E-state index contributed by atoms with van der Waals surface area (Å²) in [6.45, 7) is 48.2. The quantitative estimate of drug-likeness (QED) is 0.112. The van der Waals surface area contributed by atoms with Crippen LogP contribution in [0.5, 0.6) is 0 Å². The minimum absolute atomic E-state index is 0.0950. The Kier molecular flexibility index (Phi) is 28.4. The normalized spacial score (nSPS) is 11.5. The molecule has 1 aromatic carbocycles. The predicted octanol–water partition coefficient (Wildman–Crippen LogP) is 16.4. The van der Waals surface area contributed by atoms with E-state index in [1.807, 2.05) is 112 Å². The number of H-pyrrole nitrogens is 5. The van der Waals surface area contributed by atoms with E-state index in [4.69, 9.17) is 0 Å². The molecule has 0 atom stereocenters. The molecule has 0 bridgehead atoms. The number of aromatic nitrogens is 14. The number of pyridine rings is 2. The van der Waals surface area contributed by atoms with Gasteiger partial charge in [-0.1, -0.05) is 177 Å². The Morgan fingerprint density at radius 3 is 1.55 bits per heavy atom. The molecule has 9 aromatic rings. The van der Waals surface area contributed by atoms with Crippen LogP contribution in [0.3, 0.4) is 0 Å². The van der Waals surface area contributed by atoms with Crippen LogP contribution >= 0.6 is 0 Å². The zero-order valence-corrected chi connectivity index (χ0v) is 49.4. The lowest BCUT2D eigenvalue weighted by atomic mass is 9.85. The lowest BCUT2D eigenvalue weighted by Crippen LogP contribution is -2.15. The zero-order valence-electron chi connectivity index (χ0n) is 49.4. The maximum Gasteiger partial charge on any atom is 0.184 e. The number of rotatable bonds is 2. The van der Waals surface area contributed by atoms with E-state index >= 15 is 0 Å². The largest absolute Gasteiger partial charge is 0.282 e. The van der Waals surface area contributed by atoms with E-state index in [1.54, 1.807) is 18.6 Å². The van der Waals surface area contributed by atoms with Gasteiger partial charge in [-0.05, 0) is 67.3 Å². The third-order valence-corrected chi connectivity index (χ3v) is 10.9. The molecule has 0 radical (unpaired) electrons. The third-order valence-electron chi connectivity index (χ3n) is 10.9. The first-order valence-corrected chi connectivity index (χ1v) is 27.1. The minimum atomic E-state index is 0.0950. The van der Waals surface area contributed by atoms with Gasteiger partial charge < -0.3 is 0 Å². The third kappa shape index (κ3) is 18.6. The van der Waals surface area contributed by atoms with Crippen molar-refractivity contribution in [1.82, 2.24) is 70.9 Å². The van der Waals surface area contributed by atoms with Gasteiger partial charge in [-0.15, -0.1) is 0 Å². The topological polar surface area (TPSA) is 195 Å². The maximum atomic E-state index is 4.44. The molecule has 0 saturated carbocycles. The average molecular weight is 1000 g/mol. The van der Waals surface area contributed by atoms with Crippen LogP contribution in [0.4, 0.5) is 0 Å². The summed E-state index contributed by atoms with van der Waals surface area (Å²) in [5.74, 6) is 0.943. The van der Waals surface area contributed by atoms with E-state index in [1.165, 1.54) is 60.0 Å². The highest BCUT2D eigenvalue weighted by Crippen LogP contribution is 2.31. The van der Waals surface area contributed by atoms with Crippen molar-refractivity contribution < 1.29 is 0 Å². The molecule has 14 nitrogen and oxygen atoms in total. The van der Waals surface area contributed by atoms with Crippen LogP contribution in [0, 0.1) is 0 Å². The Labute approximate surface area is 439 Å². The fourth-order valence-corrected chi connectivity index (χ4v) is 7.58. The second-order valence-corrected chi connectivity index (χ2v) is 19.8. The van der Waals surface area contributed by atoms with E-state index in [-0.39, 0.29) is 16.2 Å². The molecule has 8 aromatic heterocycles. The number of para-hydroxylation sites is 1. The highest BCUT2D eigenvalue weighted by atomic mass is 15.2. The molecule has 0 fully saturated rings. The average Bonchev–Trinajstić information content (AvgIpc) is 4.26. The van der Waals surface area contributed by atoms with E-state index in [2.05, 4.69) is 167 Å². The van der Waals surface area contributed by atoms with Crippen LogP contribution in [0.2, 0.25) is 0 Å². The Morgan fingerprint density at radius 2 is 0.932 bits per heavy atom. The van der Waals surface area contributed by atoms with Gasteiger partial charge in [-0.25, -0.2) is 15.0 Å². The van der Waals surface area contributed by atoms with Crippen molar-refractivity contribution in [3.8, 4) is 0 Å². The fraction of sp³-hybridized carbons (Fsp3) is 0.542. The lowest BCUT2D eigenvalue weighted by Gasteiger charge is -2.19. The van der Waals surface area contributed by atoms with Crippen LogP contribution in [0.1, 0.15) is 224 Å². The second-order valence-electron chi connectivity index (χ2n) is 19.8. The van der Waals surface area contributed by atoms with Crippen molar-refractivity contribution in [2.75, 3.05) is 0 Å². The molecule has 0 amide bonds.